The highest BCUT2D eigenvalue weighted by molar-refractivity contribution is 6.07. The second-order valence-corrected chi connectivity index (χ2v) is 9.90. The molecule has 4 rings (SSSR count). The van der Waals surface area contributed by atoms with Gasteiger partial charge in [0.05, 0.1) is 22.5 Å². The molecule has 2 aliphatic heterocycles. The first-order chi connectivity index (χ1) is 18.3. The lowest BCUT2D eigenvalue weighted by Gasteiger charge is -2.44. The molecule has 0 spiro atoms. The molecule has 13 heteroatoms. The van der Waals surface area contributed by atoms with Gasteiger partial charge in [-0.3, -0.25) is 14.5 Å². The molecule has 0 bridgehead atoms. The molecule has 0 saturated carbocycles. The van der Waals surface area contributed by atoms with Crippen LogP contribution in [0.15, 0.2) is 35.3 Å². The SMILES string of the molecule is C[C@@H]1CN(c2cc(F)c(C3=CCN(C(=O)O)CC3)cc2NC(=O)c2c[nH]c(=O)cc2C(F)(F)F)C[C@H](C)N1C. The van der Waals surface area contributed by atoms with Crippen molar-refractivity contribution < 1.29 is 32.3 Å². The Morgan fingerprint density at radius 3 is 2.36 bits per heavy atom. The summed E-state index contributed by atoms with van der Waals surface area (Å²) in [7, 11) is 1.96. The monoisotopic (exact) mass is 551 g/mol. The van der Waals surface area contributed by atoms with Gasteiger partial charge in [-0.1, -0.05) is 6.08 Å². The molecule has 1 aromatic carbocycles. The van der Waals surface area contributed by atoms with E-state index in [1.165, 1.54) is 17.0 Å². The van der Waals surface area contributed by atoms with Crippen LogP contribution in [0.2, 0.25) is 0 Å². The zero-order valence-electron chi connectivity index (χ0n) is 21.6. The van der Waals surface area contributed by atoms with Gasteiger partial charge in [0.15, 0.2) is 0 Å². The zero-order valence-corrected chi connectivity index (χ0v) is 21.6. The number of nitrogens with zero attached hydrogens (tertiary/aromatic N) is 3. The van der Waals surface area contributed by atoms with Gasteiger partial charge in [0.25, 0.3) is 5.91 Å². The predicted octanol–water partition coefficient (Wildman–Crippen LogP) is 4.08. The summed E-state index contributed by atoms with van der Waals surface area (Å²) in [6.45, 7) is 5.12. The number of alkyl halides is 3. The summed E-state index contributed by atoms with van der Waals surface area (Å²) in [6.07, 6.45) is -3.56. The average Bonchev–Trinajstić information content (AvgIpc) is 2.87. The van der Waals surface area contributed by atoms with E-state index >= 15 is 4.39 Å². The Balaban J connectivity index is 1.77. The van der Waals surface area contributed by atoms with Gasteiger partial charge < -0.3 is 25.2 Å². The summed E-state index contributed by atoms with van der Waals surface area (Å²) in [6, 6.07) is 3.07. The number of hydrogen-bond donors (Lipinski definition) is 3. The normalized spacial score (nSPS) is 20.5. The van der Waals surface area contributed by atoms with Crippen LogP contribution in [0.4, 0.5) is 33.7 Å². The highest BCUT2D eigenvalue weighted by Crippen LogP contribution is 2.37. The molecule has 39 heavy (non-hydrogen) atoms. The van der Waals surface area contributed by atoms with E-state index in [-0.39, 0.29) is 42.8 Å². The number of pyridine rings is 1. The number of carbonyl (C=O) groups excluding carboxylic acids is 1. The zero-order chi connectivity index (χ0) is 28.6. The third-order valence-corrected chi connectivity index (χ3v) is 7.33. The van der Waals surface area contributed by atoms with Gasteiger partial charge in [0.2, 0.25) is 5.56 Å². The highest BCUT2D eigenvalue weighted by atomic mass is 19.4. The maximum Gasteiger partial charge on any atom is 0.417 e. The molecule has 3 N–H and O–H groups in total. The molecule has 2 aromatic rings. The number of likely N-dealkylation sites (N-methyl/N-ethyl adjacent to an activating group) is 1. The molecular weight excluding hydrogens is 522 g/mol. The smallest absolute Gasteiger partial charge is 0.417 e. The van der Waals surface area contributed by atoms with Crippen LogP contribution in [-0.2, 0) is 6.18 Å². The Morgan fingerprint density at radius 1 is 1.13 bits per heavy atom. The molecular formula is C26H29F4N5O4. The van der Waals surface area contributed by atoms with Gasteiger partial charge in [0, 0.05) is 56.1 Å². The number of anilines is 2. The number of rotatable bonds is 4. The predicted molar refractivity (Wildman–Crippen MR) is 138 cm³/mol. The maximum atomic E-state index is 15.5. The summed E-state index contributed by atoms with van der Waals surface area (Å²) >= 11 is 0. The summed E-state index contributed by atoms with van der Waals surface area (Å²) < 4.78 is 56.4. The van der Waals surface area contributed by atoms with Crippen LogP contribution in [0.1, 0.15) is 41.8 Å². The Morgan fingerprint density at radius 2 is 1.79 bits per heavy atom. The number of aromatic nitrogens is 1. The Labute approximate surface area is 221 Å². The summed E-state index contributed by atoms with van der Waals surface area (Å²) in [5.74, 6) is -1.72. The van der Waals surface area contributed by atoms with E-state index in [0.717, 1.165) is 0 Å². The van der Waals surface area contributed by atoms with Crippen LogP contribution >= 0.6 is 0 Å². The maximum absolute atomic E-state index is 15.5. The number of carboxylic acid groups (broad SMARTS) is 1. The topological polar surface area (TPSA) is 109 Å². The summed E-state index contributed by atoms with van der Waals surface area (Å²) in [5, 5.41) is 11.7. The number of carbonyl (C=O) groups is 2. The lowest BCUT2D eigenvalue weighted by molar-refractivity contribution is -0.138. The fourth-order valence-corrected chi connectivity index (χ4v) is 4.94. The molecule has 2 atom stereocenters. The van der Waals surface area contributed by atoms with Crippen LogP contribution in [0.5, 0.6) is 0 Å². The van der Waals surface area contributed by atoms with Crippen molar-refractivity contribution in [2.24, 2.45) is 0 Å². The van der Waals surface area contributed by atoms with Crippen molar-refractivity contribution in [3.63, 3.8) is 0 Å². The number of amides is 2. The average molecular weight is 552 g/mol. The van der Waals surface area contributed by atoms with E-state index in [4.69, 9.17) is 0 Å². The molecule has 3 heterocycles. The van der Waals surface area contributed by atoms with Crippen molar-refractivity contribution in [2.75, 3.05) is 43.4 Å². The largest absolute Gasteiger partial charge is 0.465 e. The first-order valence-electron chi connectivity index (χ1n) is 12.3. The lowest BCUT2D eigenvalue weighted by atomic mass is 9.97. The molecule has 2 amide bonds. The molecule has 1 fully saturated rings. The molecule has 0 aliphatic carbocycles. The number of aromatic amines is 1. The number of halogens is 4. The summed E-state index contributed by atoms with van der Waals surface area (Å²) in [5.41, 5.74) is -2.15. The molecule has 1 saturated heterocycles. The first kappa shape index (κ1) is 28.1. The fraction of sp³-hybridized carbons (Fsp3) is 0.423. The van der Waals surface area contributed by atoms with E-state index in [0.29, 0.717) is 36.6 Å². The van der Waals surface area contributed by atoms with E-state index in [1.807, 2.05) is 25.8 Å². The van der Waals surface area contributed by atoms with E-state index in [9.17, 15) is 32.7 Å². The molecule has 2 aliphatic rings. The molecule has 0 unspecified atom stereocenters. The molecule has 0 radical (unpaired) electrons. The quantitative estimate of drug-likeness (QED) is 0.495. The Bertz CT molecular complexity index is 1360. The van der Waals surface area contributed by atoms with Crippen LogP contribution in [0.25, 0.3) is 5.57 Å². The van der Waals surface area contributed by atoms with Crippen LogP contribution < -0.4 is 15.8 Å². The minimum absolute atomic E-state index is 0.0490. The van der Waals surface area contributed by atoms with Crippen molar-refractivity contribution in [2.45, 2.75) is 38.5 Å². The lowest BCUT2D eigenvalue weighted by Crippen LogP contribution is -2.55. The van der Waals surface area contributed by atoms with E-state index in [2.05, 4.69) is 15.2 Å². The third-order valence-electron chi connectivity index (χ3n) is 7.33. The third kappa shape index (κ3) is 5.92. The van der Waals surface area contributed by atoms with Gasteiger partial charge in [-0.05, 0) is 45.0 Å². The van der Waals surface area contributed by atoms with Crippen molar-refractivity contribution in [1.29, 1.82) is 0 Å². The van der Waals surface area contributed by atoms with Crippen molar-refractivity contribution in [1.82, 2.24) is 14.8 Å². The van der Waals surface area contributed by atoms with E-state index < -0.39 is 40.7 Å². The summed E-state index contributed by atoms with van der Waals surface area (Å²) in [4.78, 5) is 43.3. The molecule has 1 aromatic heterocycles. The minimum Gasteiger partial charge on any atom is -0.465 e. The second kappa shape index (κ2) is 10.7. The Hall–Kier alpha value is -3.87. The van der Waals surface area contributed by atoms with Crippen LogP contribution in [0, 0.1) is 5.82 Å². The van der Waals surface area contributed by atoms with Crippen LogP contribution in [-0.4, -0.2) is 77.2 Å². The molecule has 9 nitrogen and oxygen atoms in total. The first-order valence-corrected chi connectivity index (χ1v) is 12.3. The number of H-pyrrole nitrogens is 1. The number of nitrogens with one attached hydrogen (secondary N) is 2. The fourth-order valence-electron chi connectivity index (χ4n) is 4.94. The second-order valence-electron chi connectivity index (χ2n) is 9.90. The standard InChI is InChI=1S/C26H29F4N5O4/c1-14-12-35(13-15(2)33(14)3)22-10-20(27)17(16-4-6-34(7-5-16)25(38)39)8-21(22)32-24(37)18-11-31-23(36)9-19(18)26(28,29)30/h4,8-11,14-15H,5-7,12-13H2,1-3H3,(H,31,36)(H,32,37)(H,38,39)/t14-,15+. The van der Waals surface area contributed by atoms with Gasteiger partial charge in [-0.25, -0.2) is 9.18 Å². The number of hydrogen-bond acceptors (Lipinski definition) is 5. The molecule has 210 valence electrons. The van der Waals surface area contributed by atoms with Gasteiger partial charge in [-0.2, -0.15) is 13.2 Å². The van der Waals surface area contributed by atoms with Crippen LogP contribution in [0.3, 0.4) is 0 Å². The minimum atomic E-state index is -4.96. The number of piperazine rings is 1. The van der Waals surface area contributed by atoms with Crippen molar-refractivity contribution in [3.05, 3.63) is 63.3 Å². The van der Waals surface area contributed by atoms with Gasteiger partial charge in [-0.15, -0.1) is 0 Å². The highest BCUT2D eigenvalue weighted by Gasteiger charge is 2.36. The Kier molecular flexibility index (Phi) is 7.73. The van der Waals surface area contributed by atoms with Gasteiger partial charge in [0.1, 0.15) is 5.82 Å². The van der Waals surface area contributed by atoms with Crippen molar-refractivity contribution >= 4 is 28.9 Å². The van der Waals surface area contributed by atoms with E-state index in [1.54, 1.807) is 6.08 Å². The number of benzene rings is 1. The van der Waals surface area contributed by atoms with Gasteiger partial charge >= 0.3 is 12.3 Å². The van der Waals surface area contributed by atoms with Crippen molar-refractivity contribution in [3.8, 4) is 0 Å².